The summed E-state index contributed by atoms with van der Waals surface area (Å²) < 4.78 is 38.5. The molecule has 0 unspecified atom stereocenters. The van der Waals surface area contributed by atoms with Crippen LogP contribution in [0.5, 0.6) is 11.5 Å². The summed E-state index contributed by atoms with van der Waals surface area (Å²) in [5, 5.41) is 2.75. The highest BCUT2D eigenvalue weighted by Gasteiger charge is 2.15. The van der Waals surface area contributed by atoms with Crippen molar-refractivity contribution in [1.29, 1.82) is 0 Å². The van der Waals surface area contributed by atoms with E-state index in [4.69, 9.17) is 9.47 Å². The molecule has 31 heavy (non-hydrogen) atoms. The van der Waals surface area contributed by atoms with Gasteiger partial charge in [0.1, 0.15) is 11.5 Å². The Labute approximate surface area is 182 Å². The molecule has 0 atom stereocenters. The van der Waals surface area contributed by atoms with E-state index in [-0.39, 0.29) is 10.8 Å². The van der Waals surface area contributed by atoms with E-state index in [0.29, 0.717) is 41.7 Å². The maximum Gasteiger partial charge on any atom is 0.261 e. The van der Waals surface area contributed by atoms with E-state index in [2.05, 4.69) is 10.0 Å². The molecule has 8 heteroatoms. The highest BCUT2D eigenvalue weighted by atomic mass is 32.2. The lowest BCUT2D eigenvalue weighted by Crippen LogP contribution is -2.14. The molecule has 0 radical (unpaired) electrons. The Morgan fingerprint density at radius 2 is 1.23 bits per heavy atom. The Morgan fingerprint density at radius 1 is 0.742 bits per heavy atom. The molecule has 0 spiro atoms. The van der Waals surface area contributed by atoms with E-state index < -0.39 is 10.0 Å². The Balaban J connectivity index is 1.64. The minimum absolute atomic E-state index is 0.0838. The van der Waals surface area contributed by atoms with E-state index in [1.54, 1.807) is 60.7 Å². The summed E-state index contributed by atoms with van der Waals surface area (Å²) in [7, 11) is -3.76. The smallest absolute Gasteiger partial charge is 0.261 e. The van der Waals surface area contributed by atoms with Crippen LogP contribution in [0.15, 0.2) is 77.7 Å². The molecule has 0 aliphatic heterocycles. The second-order valence-corrected chi connectivity index (χ2v) is 8.18. The number of benzene rings is 3. The summed E-state index contributed by atoms with van der Waals surface area (Å²) in [5.41, 5.74) is 1.38. The zero-order valence-electron chi connectivity index (χ0n) is 17.3. The van der Waals surface area contributed by atoms with E-state index in [1.165, 1.54) is 12.1 Å². The molecule has 3 rings (SSSR count). The third kappa shape index (κ3) is 5.99. The van der Waals surface area contributed by atoms with Crippen molar-refractivity contribution in [3.8, 4) is 11.5 Å². The molecule has 0 aliphatic carbocycles. The Hall–Kier alpha value is -3.52. The lowest BCUT2D eigenvalue weighted by molar-refractivity contribution is 0.102. The molecule has 7 nitrogen and oxygen atoms in total. The van der Waals surface area contributed by atoms with Crippen LogP contribution >= 0.6 is 0 Å². The lowest BCUT2D eigenvalue weighted by Gasteiger charge is -2.10. The highest BCUT2D eigenvalue weighted by molar-refractivity contribution is 7.92. The van der Waals surface area contributed by atoms with Gasteiger partial charge in [-0.05, 0) is 86.6 Å². The van der Waals surface area contributed by atoms with Crippen LogP contribution in [0.3, 0.4) is 0 Å². The number of hydrogen-bond donors (Lipinski definition) is 2. The fraction of sp³-hybridized carbons (Fsp3) is 0.174. The number of carbonyl (C=O) groups excluding carboxylic acids is 1. The van der Waals surface area contributed by atoms with Crippen LogP contribution < -0.4 is 19.5 Å². The molecule has 1 amide bonds. The van der Waals surface area contributed by atoms with Crippen LogP contribution in [0.2, 0.25) is 0 Å². The first-order valence-electron chi connectivity index (χ1n) is 9.81. The number of sulfonamides is 1. The van der Waals surface area contributed by atoms with E-state index >= 15 is 0 Å². The predicted molar refractivity (Wildman–Crippen MR) is 120 cm³/mol. The quantitative estimate of drug-likeness (QED) is 0.510. The molecule has 0 bridgehead atoms. The molecule has 162 valence electrons. The minimum Gasteiger partial charge on any atom is -0.494 e. The van der Waals surface area contributed by atoms with Crippen molar-refractivity contribution in [2.24, 2.45) is 0 Å². The van der Waals surface area contributed by atoms with Gasteiger partial charge in [-0.15, -0.1) is 0 Å². The van der Waals surface area contributed by atoms with E-state index in [0.717, 1.165) is 0 Å². The number of hydrogen-bond acceptors (Lipinski definition) is 5. The van der Waals surface area contributed by atoms with Crippen molar-refractivity contribution in [3.63, 3.8) is 0 Å². The van der Waals surface area contributed by atoms with Crippen molar-refractivity contribution in [3.05, 3.63) is 78.4 Å². The van der Waals surface area contributed by atoms with Crippen LogP contribution in [0.25, 0.3) is 0 Å². The number of anilines is 2. The summed E-state index contributed by atoms with van der Waals surface area (Å²) in [6.07, 6.45) is 0. The third-order valence-corrected chi connectivity index (χ3v) is 5.66. The van der Waals surface area contributed by atoms with Crippen LogP contribution in [0.4, 0.5) is 11.4 Å². The molecule has 0 saturated heterocycles. The average Bonchev–Trinajstić information content (AvgIpc) is 2.76. The van der Waals surface area contributed by atoms with Crippen molar-refractivity contribution in [1.82, 2.24) is 0 Å². The normalized spacial score (nSPS) is 10.9. The van der Waals surface area contributed by atoms with Crippen LogP contribution in [0, 0.1) is 0 Å². The van der Waals surface area contributed by atoms with Gasteiger partial charge in [0.25, 0.3) is 15.9 Å². The molecule has 2 N–H and O–H groups in total. The first-order valence-corrected chi connectivity index (χ1v) is 11.3. The van der Waals surface area contributed by atoms with Gasteiger partial charge in [0.2, 0.25) is 0 Å². The topological polar surface area (TPSA) is 93.7 Å². The average molecular weight is 441 g/mol. The second-order valence-electron chi connectivity index (χ2n) is 6.50. The number of rotatable bonds is 9. The molecule has 0 saturated carbocycles. The van der Waals surface area contributed by atoms with Crippen molar-refractivity contribution >= 4 is 27.3 Å². The van der Waals surface area contributed by atoms with Crippen LogP contribution in [0.1, 0.15) is 24.2 Å². The Bertz CT molecular complexity index is 1110. The van der Waals surface area contributed by atoms with Crippen molar-refractivity contribution < 1.29 is 22.7 Å². The van der Waals surface area contributed by atoms with Gasteiger partial charge in [-0.25, -0.2) is 8.42 Å². The van der Waals surface area contributed by atoms with Gasteiger partial charge in [-0.3, -0.25) is 9.52 Å². The fourth-order valence-electron chi connectivity index (χ4n) is 2.79. The lowest BCUT2D eigenvalue weighted by atomic mass is 10.2. The fourth-order valence-corrected chi connectivity index (χ4v) is 3.85. The van der Waals surface area contributed by atoms with Gasteiger partial charge >= 0.3 is 0 Å². The summed E-state index contributed by atoms with van der Waals surface area (Å²) in [5.74, 6) is 1.05. The molecule has 3 aromatic carbocycles. The molecule has 3 aromatic rings. The number of nitrogens with one attached hydrogen (secondary N) is 2. The molecular formula is C23H24N2O5S. The third-order valence-electron chi connectivity index (χ3n) is 4.27. The van der Waals surface area contributed by atoms with Crippen LogP contribution in [-0.2, 0) is 10.0 Å². The first kappa shape index (κ1) is 22.2. The molecular weight excluding hydrogens is 416 g/mol. The maximum atomic E-state index is 12.6. The SMILES string of the molecule is CCOc1ccc(NS(=O)(=O)c2ccc(NC(=O)c3ccc(OCC)cc3)cc2)cc1. The van der Waals surface area contributed by atoms with E-state index in [1.807, 2.05) is 13.8 Å². The monoisotopic (exact) mass is 440 g/mol. The number of amides is 1. The minimum atomic E-state index is -3.76. The van der Waals surface area contributed by atoms with Gasteiger partial charge in [-0.2, -0.15) is 0 Å². The largest absolute Gasteiger partial charge is 0.494 e. The second kappa shape index (κ2) is 9.99. The first-order chi connectivity index (χ1) is 14.9. The van der Waals surface area contributed by atoms with E-state index in [9.17, 15) is 13.2 Å². The Kier molecular flexibility index (Phi) is 7.15. The summed E-state index contributed by atoms with van der Waals surface area (Å²) in [6.45, 7) is 4.85. The zero-order chi connectivity index (χ0) is 22.3. The Morgan fingerprint density at radius 3 is 1.74 bits per heavy atom. The van der Waals surface area contributed by atoms with Gasteiger partial charge in [0, 0.05) is 16.9 Å². The van der Waals surface area contributed by atoms with Crippen LogP contribution in [-0.4, -0.2) is 27.5 Å². The van der Waals surface area contributed by atoms with Crippen molar-refractivity contribution in [2.75, 3.05) is 23.3 Å². The highest BCUT2D eigenvalue weighted by Crippen LogP contribution is 2.21. The summed E-state index contributed by atoms with van der Waals surface area (Å²) >= 11 is 0. The molecule has 0 heterocycles. The number of carbonyl (C=O) groups is 1. The van der Waals surface area contributed by atoms with Gasteiger partial charge in [-0.1, -0.05) is 0 Å². The summed E-state index contributed by atoms with van der Waals surface area (Å²) in [4.78, 5) is 12.5. The number of ether oxygens (including phenoxy) is 2. The standard InChI is InChI=1S/C23H24N2O5S/c1-3-29-20-11-5-17(6-12-20)23(26)24-18-9-15-22(16-10-18)31(27,28)25-19-7-13-21(14-8-19)30-4-2/h5-16,25H,3-4H2,1-2H3,(H,24,26). The zero-order valence-corrected chi connectivity index (χ0v) is 18.1. The van der Waals surface area contributed by atoms with Gasteiger partial charge in [0.15, 0.2) is 0 Å². The van der Waals surface area contributed by atoms with Crippen molar-refractivity contribution in [2.45, 2.75) is 18.7 Å². The predicted octanol–water partition coefficient (Wildman–Crippen LogP) is 4.54. The van der Waals surface area contributed by atoms with Gasteiger partial charge in [0.05, 0.1) is 18.1 Å². The molecule has 0 aromatic heterocycles. The maximum absolute atomic E-state index is 12.6. The summed E-state index contributed by atoms with van der Waals surface area (Å²) in [6, 6.07) is 19.4. The molecule has 0 aliphatic rings. The molecule has 0 fully saturated rings. The van der Waals surface area contributed by atoms with Gasteiger partial charge < -0.3 is 14.8 Å².